The number of nitro benzene ring substituents is 1. The molecule has 0 amide bonds. The molecule has 0 radical (unpaired) electrons. The highest BCUT2D eigenvalue weighted by Gasteiger charge is 2.21. The zero-order valence-electron chi connectivity index (χ0n) is 15.6. The Bertz CT molecular complexity index is 1070. The number of nitro groups is 1. The van der Waals surface area contributed by atoms with Crippen LogP contribution in [-0.2, 0) is 4.74 Å². The molecule has 0 spiro atoms. The average Bonchev–Trinajstić information content (AvgIpc) is 2.68. The molecule has 0 aliphatic heterocycles. The molecule has 3 aromatic rings. The number of hydrogen-bond donors (Lipinski definition) is 1. The fourth-order valence-electron chi connectivity index (χ4n) is 2.70. The van der Waals surface area contributed by atoms with Gasteiger partial charge in [-0.2, -0.15) is 0 Å². The van der Waals surface area contributed by atoms with Gasteiger partial charge in [-0.05, 0) is 38.1 Å². The Balaban J connectivity index is 2.19. The van der Waals surface area contributed by atoms with Crippen LogP contribution >= 0.6 is 0 Å². The molecule has 2 heterocycles. The third kappa shape index (κ3) is 3.68. The van der Waals surface area contributed by atoms with Crippen LogP contribution in [0.25, 0.3) is 11.0 Å². The number of nitrogens with one attached hydrogen (secondary N) is 1. The van der Waals surface area contributed by atoms with Crippen LogP contribution in [0.2, 0.25) is 0 Å². The Labute approximate surface area is 160 Å². The van der Waals surface area contributed by atoms with Crippen molar-refractivity contribution in [3.8, 4) is 5.75 Å². The fraction of sp³-hybridized carbons (Fsp3) is 0.211. The molecular formula is C19H18N4O5. The van der Waals surface area contributed by atoms with E-state index in [1.54, 1.807) is 25.1 Å². The highest BCUT2D eigenvalue weighted by atomic mass is 16.6. The quantitative estimate of drug-likeness (QED) is 0.389. The second-order valence-electron chi connectivity index (χ2n) is 5.86. The molecule has 2 aromatic heterocycles. The summed E-state index contributed by atoms with van der Waals surface area (Å²) < 4.78 is 10.2. The number of methoxy groups -OCH3 is 1. The molecule has 9 heteroatoms. The summed E-state index contributed by atoms with van der Waals surface area (Å²) in [6.45, 7) is 3.70. The van der Waals surface area contributed by atoms with Gasteiger partial charge >= 0.3 is 5.97 Å². The van der Waals surface area contributed by atoms with E-state index in [0.29, 0.717) is 22.5 Å². The monoisotopic (exact) mass is 382 g/mol. The second kappa shape index (κ2) is 7.87. The van der Waals surface area contributed by atoms with Crippen molar-refractivity contribution in [2.75, 3.05) is 19.0 Å². The summed E-state index contributed by atoms with van der Waals surface area (Å²) >= 11 is 0. The van der Waals surface area contributed by atoms with Crippen molar-refractivity contribution in [3.63, 3.8) is 0 Å². The summed E-state index contributed by atoms with van der Waals surface area (Å²) in [5.74, 6) is -0.240. The molecule has 9 nitrogen and oxygen atoms in total. The number of aryl methyl sites for hydroxylation is 1. The number of ether oxygens (including phenoxy) is 2. The minimum absolute atomic E-state index is 0.158. The minimum atomic E-state index is -0.587. The van der Waals surface area contributed by atoms with E-state index in [1.165, 1.54) is 25.4 Å². The molecule has 0 aliphatic carbocycles. The lowest BCUT2D eigenvalue weighted by molar-refractivity contribution is -0.384. The summed E-state index contributed by atoms with van der Waals surface area (Å²) in [4.78, 5) is 32.0. The van der Waals surface area contributed by atoms with E-state index < -0.39 is 10.9 Å². The van der Waals surface area contributed by atoms with Gasteiger partial charge in [-0.1, -0.05) is 0 Å². The van der Waals surface area contributed by atoms with E-state index in [9.17, 15) is 14.9 Å². The van der Waals surface area contributed by atoms with Gasteiger partial charge in [-0.15, -0.1) is 0 Å². The first-order valence-electron chi connectivity index (χ1n) is 8.47. The molecule has 0 atom stereocenters. The Morgan fingerprint density at radius 1 is 1.29 bits per heavy atom. The average molecular weight is 382 g/mol. The van der Waals surface area contributed by atoms with Crippen molar-refractivity contribution < 1.29 is 19.2 Å². The zero-order valence-corrected chi connectivity index (χ0v) is 15.6. The fourth-order valence-corrected chi connectivity index (χ4v) is 2.70. The maximum absolute atomic E-state index is 12.4. The van der Waals surface area contributed by atoms with Crippen LogP contribution in [0.3, 0.4) is 0 Å². The second-order valence-corrected chi connectivity index (χ2v) is 5.86. The number of pyridine rings is 2. The van der Waals surface area contributed by atoms with Crippen molar-refractivity contribution in [1.82, 2.24) is 9.97 Å². The maximum Gasteiger partial charge on any atom is 0.341 e. The number of rotatable bonds is 6. The number of carbonyl (C=O) groups excluding carboxylic acids is 1. The van der Waals surface area contributed by atoms with E-state index >= 15 is 0 Å². The molecule has 144 valence electrons. The summed E-state index contributed by atoms with van der Waals surface area (Å²) in [5, 5.41) is 15.0. The molecular weight excluding hydrogens is 364 g/mol. The van der Waals surface area contributed by atoms with Crippen LogP contribution in [0.4, 0.5) is 17.1 Å². The van der Waals surface area contributed by atoms with Crippen LogP contribution in [0.5, 0.6) is 5.75 Å². The van der Waals surface area contributed by atoms with Crippen LogP contribution in [0, 0.1) is 17.0 Å². The largest absolute Gasteiger partial charge is 0.496 e. The normalized spacial score (nSPS) is 10.5. The van der Waals surface area contributed by atoms with Gasteiger partial charge in [0.15, 0.2) is 5.65 Å². The van der Waals surface area contributed by atoms with Gasteiger partial charge in [0.1, 0.15) is 17.0 Å². The van der Waals surface area contributed by atoms with Crippen molar-refractivity contribution in [2.45, 2.75) is 13.8 Å². The van der Waals surface area contributed by atoms with E-state index in [-0.39, 0.29) is 23.5 Å². The Kier molecular flexibility index (Phi) is 5.35. The maximum atomic E-state index is 12.4. The van der Waals surface area contributed by atoms with E-state index in [1.807, 2.05) is 6.92 Å². The van der Waals surface area contributed by atoms with Gasteiger partial charge < -0.3 is 14.8 Å². The van der Waals surface area contributed by atoms with E-state index in [2.05, 4.69) is 15.3 Å². The number of nitrogens with zero attached hydrogens (tertiary/aromatic N) is 3. The van der Waals surface area contributed by atoms with Gasteiger partial charge in [0.05, 0.1) is 30.4 Å². The van der Waals surface area contributed by atoms with Crippen molar-refractivity contribution in [3.05, 3.63) is 57.9 Å². The van der Waals surface area contributed by atoms with Gasteiger partial charge in [0, 0.05) is 17.3 Å². The molecule has 1 N–H and O–H groups in total. The molecule has 0 unspecified atom stereocenters. The smallest absolute Gasteiger partial charge is 0.341 e. The summed E-state index contributed by atoms with van der Waals surface area (Å²) in [5.41, 5.74) is 1.66. The van der Waals surface area contributed by atoms with Crippen LogP contribution in [-0.4, -0.2) is 34.6 Å². The Morgan fingerprint density at radius 2 is 2.07 bits per heavy atom. The summed E-state index contributed by atoms with van der Waals surface area (Å²) in [6.07, 6.45) is 1.35. The third-order valence-electron chi connectivity index (χ3n) is 4.03. The SMILES string of the molecule is CCOC(=O)c1cnc2nc(C)ccc2c1Nc1ccc(OC)cc1[N+](=O)[O-]. The van der Waals surface area contributed by atoms with Gasteiger partial charge in [-0.25, -0.2) is 14.8 Å². The molecule has 0 fully saturated rings. The number of anilines is 2. The van der Waals surface area contributed by atoms with Crippen molar-refractivity contribution >= 4 is 34.1 Å². The Hall–Kier alpha value is -3.75. The number of fused-ring (bicyclic) bond motifs is 1. The third-order valence-corrected chi connectivity index (χ3v) is 4.03. The van der Waals surface area contributed by atoms with Crippen LogP contribution in [0.15, 0.2) is 36.5 Å². The Morgan fingerprint density at radius 3 is 2.75 bits per heavy atom. The van der Waals surface area contributed by atoms with Crippen molar-refractivity contribution in [2.24, 2.45) is 0 Å². The number of carbonyl (C=O) groups is 1. The molecule has 0 saturated carbocycles. The first-order chi connectivity index (χ1) is 13.4. The first-order valence-corrected chi connectivity index (χ1v) is 8.47. The zero-order chi connectivity index (χ0) is 20.3. The molecule has 0 aliphatic rings. The van der Waals surface area contributed by atoms with Gasteiger partial charge in [-0.3, -0.25) is 10.1 Å². The minimum Gasteiger partial charge on any atom is -0.496 e. The lowest BCUT2D eigenvalue weighted by Gasteiger charge is -2.14. The van der Waals surface area contributed by atoms with E-state index in [4.69, 9.17) is 9.47 Å². The van der Waals surface area contributed by atoms with Crippen LogP contribution in [0.1, 0.15) is 23.0 Å². The highest BCUT2D eigenvalue weighted by molar-refractivity contribution is 6.05. The predicted octanol–water partition coefficient (Wildman–Crippen LogP) is 3.78. The van der Waals surface area contributed by atoms with Crippen molar-refractivity contribution in [1.29, 1.82) is 0 Å². The van der Waals surface area contributed by atoms with Gasteiger partial charge in [0.25, 0.3) is 5.69 Å². The molecule has 0 saturated heterocycles. The molecule has 3 rings (SSSR count). The van der Waals surface area contributed by atoms with E-state index in [0.717, 1.165) is 5.69 Å². The number of benzene rings is 1. The topological polar surface area (TPSA) is 116 Å². The first kappa shape index (κ1) is 19.0. The standard InChI is InChI=1S/C19H18N4O5/c1-4-28-19(24)14-10-20-18-13(7-5-11(2)21-18)17(14)22-15-8-6-12(27-3)9-16(15)23(25)26/h5-10H,4H2,1-3H3,(H,20,21,22). The molecule has 0 bridgehead atoms. The van der Waals surface area contributed by atoms with Crippen LogP contribution < -0.4 is 10.1 Å². The molecule has 1 aromatic carbocycles. The molecule has 28 heavy (non-hydrogen) atoms. The number of aromatic nitrogens is 2. The lowest BCUT2D eigenvalue weighted by Crippen LogP contribution is -2.10. The number of hydrogen-bond acceptors (Lipinski definition) is 8. The highest BCUT2D eigenvalue weighted by Crippen LogP contribution is 2.35. The lowest BCUT2D eigenvalue weighted by atomic mass is 10.1. The summed E-state index contributed by atoms with van der Waals surface area (Å²) in [6, 6.07) is 7.93. The summed E-state index contributed by atoms with van der Waals surface area (Å²) in [7, 11) is 1.43. The van der Waals surface area contributed by atoms with Gasteiger partial charge in [0.2, 0.25) is 0 Å². The predicted molar refractivity (Wildman–Crippen MR) is 103 cm³/mol. The number of esters is 1.